The number of esters is 1. The maximum absolute atomic E-state index is 12.0. The topological polar surface area (TPSA) is 55.4 Å². The molecule has 25 heavy (non-hydrogen) atoms. The normalized spacial score (nSPS) is 12.0. The molecule has 2 aromatic rings. The maximum Gasteiger partial charge on any atom is 0.331 e. The zero-order valence-electron chi connectivity index (χ0n) is 14.2. The first-order chi connectivity index (χ1) is 11.9. The second-order valence-corrected chi connectivity index (χ2v) is 6.10. The van der Waals surface area contributed by atoms with Crippen molar-refractivity contribution in [2.24, 2.45) is 0 Å². The fraction of sp³-hybridized carbons (Fsp3) is 0.200. The number of aryl methyl sites for hydroxylation is 1. The lowest BCUT2D eigenvalue weighted by atomic mass is 10.1. The minimum absolute atomic E-state index is 0.339. The smallest absolute Gasteiger partial charge is 0.331 e. The van der Waals surface area contributed by atoms with Gasteiger partial charge in [-0.3, -0.25) is 4.79 Å². The highest BCUT2D eigenvalue weighted by Gasteiger charge is 2.15. The Morgan fingerprint density at radius 3 is 2.40 bits per heavy atom. The Balaban J connectivity index is 1.80. The first-order valence-electron chi connectivity index (χ1n) is 7.91. The summed E-state index contributed by atoms with van der Waals surface area (Å²) in [6.45, 7) is 3.93. The Labute approximate surface area is 152 Å². The van der Waals surface area contributed by atoms with Gasteiger partial charge < -0.3 is 10.1 Å². The van der Waals surface area contributed by atoms with Crippen LogP contribution in [-0.4, -0.2) is 18.0 Å². The molecule has 0 aliphatic carbocycles. The monoisotopic (exact) mass is 357 g/mol. The molecule has 0 saturated carbocycles. The van der Waals surface area contributed by atoms with Gasteiger partial charge in [0.1, 0.15) is 0 Å². The number of hydrogen-bond donors (Lipinski definition) is 1. The van der Waals surface area contributed by atoms with E-state index in [0.29, 0.717) is 11.6 Å². The zero-order chi connectivity index (χ0) is 18.2. The van der Waals surface area contributed by atoms with Crippen molar-refractivity contribution in [2.75, 3.05) is 0 Å². The van der Waals surface area contributed by atoms with E-state index in [-0.39, 0.29) is 5.91 Å². The van der Waals surface area contributed by atoms with Crippen LogP contribution in [0.4, 0.5) is 0 Å². The molecule has 0 radical (unpaired) electrons. The van der Waals surface area contributed by atoms with Crippen LogP contribution in [0.1, 0.15) is 23.6 Å². The molecular weight excluding hydrogens is 338 g/mol. The molecule has 130 valence electrons. The third kappa shape index (κ3) is 6.43. The van der Waals surface area contributed by atoms with Gasteiger partial charge in [0.05, 0.1) is 0 Å². The Bertz CT molecular complexity index is 752. The van der Waals surface area contributed by atoms with Gasteiger partial charge in [-0.05, 0) is 43.2 Å². The standard InChI is InChI=1S/C20H20ClNO3/c1-14-3-5-17(6-4-14)13-22-20(24)15(2)25-19(23)12-9-16-7-10-18(21)11-8-16/h3-12,15H,13H2,1-2H3,(H,22,24)/b12-9+. The predicted octanol–water partition coefficient (Wildman–Crippen LogP) is 3.91. The van der Waals surface area contributed by atoms with E-state index in [4.69, 9.17) is 16.3 Å². The zero-order valence-corrected chi connectivity index (χ0v) is 14.9. The number of benzene rings is 2. The average molecular weight is 358 g/mol. The van der Waals surface area contributed by atoms with Gasteiger partial charge in [0, 0.05) is 17.6 Å². The van der Waals surface area contributed by atoms with Gasteiger partial charge in [-0.1, -0.05) is 53.6 Å². The summed E-state index contributed by atoms with van der Waals surface area (Å²) in [4.78, 5) is 23.8. The van der Waals surface area contributed by atoms with Gasteiger partial charge in [0.15, 0.2) is 6.10 Å². The molecule has 2 aromatic carbocycles. The summed E-state index contributed by atoms with van der Waals surface area (Å²) in [5, 5.41) is 3.37. The third-order valence-electron chi connectivity index (χ3n) is 3.53. The van der Waals surface area contributed by atoms with E-state index in [2.05, 4.69) is 5.32 Å². The van der Waals surface area contributed by atoms with E-state index < -0.39 is 12.1 Å². The molecule has 2 rings (SSSR count). The van der Waals surface area contributed by atoms with Crippen LogP contribution in [0.5, 0.6) is 0 Å². The van der Waals surface area contributed by atoms with E-state index in [9.17, 15) is 9.59 Å². The van der Waals surface area contributed by atoms with Gasteiger partial charge >= 0.3 is 5.97 Å². The van der Waals surface area contributed by atoms with Crippen LogP contribution in [0.3, 0.4) is 0 Å². The molecule has 0 bridgehead atoms. The molecule has 5 heteroatoms. The summed E-state index contributed by atoms with van der Waals surface area (Å²) in [6, 6.07) is 14.9. The summed E-state index contributed by atoms with van der Waals surface area (Å²) >= 11 is 5.80. The quantitative estimate of drug-likeness (QED) is 0.630. The molecule has 4 nitrogen and oxygen atoms in total. The minimum atomic E-state index is -0.868. The molecule has 1 unspecified atom stereocenters. The third-order valence-corrected chi connectivity index (χ3v) is 3.78. The molecule has 0 heterocycles. The molecule has 1 N–H and O–H groups in total. The van der Waals surface area contributed by atoms with Crippen molar-refractivity contribution in [3.05, 3.63) is 76.3 Å². The first kappa shape index (κ1) is 18.7. The lowest BCUT2D eigenvalue weighted by Gasteiger charge is -2.12. The van der Waals surface area contributed by atoms with Gasteiger partial charge in [-0.2, -0.15) is 0 Å². The lowest BCUT2D eigenvalue weighted by Crippen LogP contribution is -2.35. The number of amides is 1. The maximum atomic E-state index is 12.0. The number of nitrogens with one attached hydrogen (secondary N) is 1. The SMILES string of the molecule is Cc1ccc(CNC(=O)C(C)OC(=O)/C=C/c2ccc(Cl)cc2)cc1. The summed E-state index contributed by atoms with van der Waals surface area (Å²) in [6.07, 6.45) is 2.02. The summed E-state index contributed by atoms with van der Waals surface area (Å²) in [5.74, 6) is -0.915. The van der Waals surface area contributed by atoms with Crippen LogP contribution in [0.25, 0.3) is 6.08 Å². The molecule has 1 amide bonds. The van der Waals surface area contributed by atoms with E-state index in [1.807, 2.05) is 31.2 Å². The number of carbonyl (C=O) groups is 2. The second kappa shape index (κ2) is 9.04. The van der Waals surface area contributed by atoms with Crippen molar-refractivity contribution >= 4 is 29.6 Å². The number of rotatable bonds is 6. The van der Waals surface area contributed by atoms with Crippen molar-refractivity contribution in [2.45, 2.75) is 26.5 Å². The van der Waals surface area contributed by atoms with Crippen LogP contribution < -0.4 is 5.32 Å². The Kier molecular flexibility index (Phi) is 6.78. The van der Waals surface area contributed by atoms with Crippen LogP contribution in [0.15, 0.2) is 54.6 Å². The predicted molar refractivity (Wildman–Crippen MR) is 99.1 cm³/mol. The first-order valence-corrected chi connectivity index (χ1v) is 8.29. The van der Waals surface area contributed by atoms with E-state index in [1.54, 1.807) is 37.3 Å². The Morgan fingerprint density at radius 2 is 1.76 bits per heavy atom. The molecule has 0 spiro atoms. The summed E-state index contributed by atoms with van der Waals surface area (Å²) < 4.78 is 5.10. The molecule has 0 aliphatic heterocycles. The number of halogens is 1. The molecule has 0 aliphatic rings. The highest BCUT2D eigenvalue weighted by Crippen LogP contribution is 2.10. The van der Waals surface area contributed by atoms with Crippen LogP contribution >= 0.6 is 11.6 Å². The van der Waals surface area contributed by atoms with E-state index in [1.165, 1.54) is 6.08 Å². The Morgan fingerprint density at radius 1 is 1.12 bits per heavy atom. The highest BCUT2D eigenvalue weighted by molar-refractivity contribution is 6.30. The Hall–Kier alpha value is -2.59. The average Bonchev–Trinajstić information content (AvgIpc) is 2.60. The highest BCUT2D eigenvalue weighted by atomic mass is 35.5. The van der Waals surface area contributed by atoms with E-state index in [0.717, 1.165) is 16.7 Å². The van der Waals surface area contributed by atoms with Gasteiger partial charge in [-0.15, -0.1) is 0 Å². The van der Waals surface area contributed by atoms with Crippen molar-refractivity contribution < 1.29 is 14.3 Å². The molecule has 0 fully saturated rings. The van der Waals surface area contributed by atoms with Crippen molar-refractivity contribution in [1.82, 2.24) is 5.32 Å². The van der Waals surface area contributed by atoms with Crippen LogP contribution in [-0.2, 0) is 20.9 Å². The van der Waals surface area contributed by atoms with Gasteiger partial charge in [-0.25, -0.2) is 4.79 Å². The van der Waals surface area contributed by atoms with Gasteiger partial charge in [0.25, 0.3) is 5.91 Å². The number of hydrogen-bond acceptors (Lipinski definition) is 3. The summed E-state index contributed by atoms with van der Waals surface area (Å²) in [7, 11) is 0. The fourth-order valence-electron chi connectivity index (χ4n) is 2.04. The second-order valence-electron chi connectivity index (χ2n) is 5.67. The number of ether oxygens (including phenoxy) is 1. The molecular formula is C20H20ClNO3. The van der Waals surface area contributed by atoms with Crippen molar-refractivity contribution in [3.63, 3.8) is 0 Å². The van der Waals surface area contributed by atoms with Crippen LogP contribution in [0, 0.1) is 6.92 Å². The molecule has 0 aromatic heterocycles. The van der Waals surface area contributed by atoms with Crippen molar-refractivity contribution in [1.29, 1.82) is 0 Å². The molecule has 1 atom stereocenters. The number of carbonyl (C=O) groups excluding carboxylic acids is 2. The minimum Gasteiger partial charge on any atom is -0.449 e. The van der Waals surface area contributed by atoms with Crippen molar-refractivity contribution in [3.8, 4) is 0 Å². The summed E-state index contributed by atoms with van der Waals surface area (Å²) in [5.41, 5.74) is 2.96. The largest absolute Gasteiger partial charge is 0.449 e. The van der Waals surface area contributed by atoms with E-state index >= 15 is 0 Å². The lowest BCUT2D eigenvalue weighted by molar-refractivity contribution is -0.150. The fourth-order valence-corrected chi connectivity index (χ4v) is 2.17. The molecule has 0 saturated heterocycles. The van der Waals surface area contributed by atoms with Crippen LogP contribution in [0.2, 0.25) is 5.02 Å². The van der Waals surface area contributed by atoms with Gasteiger partial charge in [0.2, 0.25) is 0 Å².